The number of nitrogens with zero attached hydrogens (tertiary/aromatic N) is 1. The Morgan fingerprint density at radius 3 is 2.25 bits per heavy atom. The number of alkyl halides is 3. The molecule has 0 bridgehead atoms. The zero-order valence-corrected chi connectivity index (χ0v) is 17.2. The van der Waals surface area contributed by atoms with Gasteiger partial charge in [-0.1, -0.05) is 6.07 Å². The van der Waals surface area contributed by atoms with Crippen LogP contribution in [0.15, 0.2) is 36.4 Å². The van der Waals surface area contributed by atoms with E-state index in [1.165, 1.54) is 37.3 Å². The third-order valence-electron chi connectivity index (χ3n) is 5.51. The molecule has 2 aromatic rings. The number of rotatable bonds is 3. The van der Waals surface area contributed by atoms with Crippen LogP contribution in [-0.4, -0.2) is 35.8 Å². The Labute approximate surface area is 181 Å². The van der Waals surface area contributed by atoms with Crippen molar-refractivity contribution in [1.29, 1.82) is 5.41 Å². The molecule has 0 atom stereocenters. The van der Waals surface area contributed by atoms with E-state index < -0.39 is 35.3 Å². The van der Waals surface area contributed by atoms with E-state index in [-0.39, 0.29) is 30.1 Å². The fraction of sp³-hybridized carbons (Fsp3) is 0.318. The van der Waals surface area contributed by atoms with Gasteiger partial charge in [0.25, 0.3) is 11.8 Å². The third kappa shape index (κ3) is 5.06. The van der Waals surface area contributed by atoms with Crippen LogP contribution in [0.25, 0.3) is 0 Å². The minimum atomic E-state index is -4.69. The van der Waals surface area contributed by atoms with Crippen LogP contribution in [0, 0.1) is 18.2 Å². The molecule has 2 aromatic carbocycles. The number of carbonyl (C=O) groups is 2. The highest BCUT2D eigenvalue weighted by Crippen LogP contribution is 2.40. The number of amides is 2. The Balaban J connectivity index is 1.83. The summed E-state index contributed by atoms with van der Waals surface area (Å²) in [6.07, 6.45) is -4.06. The molecular formula is C22H22F4N4O2. The first-order valence-electron chi connectivity index (χ1n) is 9.89. The molecule has 170 valence electrons. The summed E-state index contributed by atoms with van der Waals surface area (Å²) in [5.41, 5.74) is 4.71. The minimum Gasteiger partial charge on any atom is -0.370 e. The molecule has 1 aliphatic rings. The maximum absolute atomic E-state index is 13.8. The first-order valence-corrected chi connectivity index (χ1v) is 9.89. The van der Waals surface area contributed by atoms with Crippen LogP contribution in [0.2, 0.25) is 0 Å². The van der Waals surface area contributed by atoms with Crippen LogP contribution in [-0.2, 0) is 6.18 Å². The SMILES string of the molecule is Cc1cc(C2CCN(C(=O)c3ccc(F)cc3)CC2)c(C(F)(F)F)cc1C(=O)NC(=N)N. The van der Waals surface area contributed by atoms with E-state index >= 15 is 0 Å². The highest BCUT2D eigenvalue weighted by Gasteiger charge is 2.37. The van der Waals surface area contributed by atoms with Crippen LogP contribution in [0.3, 0.4) is 0 Å². The van der Waals surface area contributed by atoms with Gasteiger partial charge in [0.2, 0.25) is 0 Å². The first kappa shape index (κ1) is 23.2. The van der Waals surface area contributed by atoms with Gasteiger partial charge in [-0.2, -0.15) is 13.2 Å². The van der Waals surface area contributed by atoms with Gasteiger partial charge in [-0.05, 0) is 67.1 Å². The van der Waals surface area contributed by atoms with Gasteiger partial charge in [0.05, 0.1) is 5.56 Å². The van der Waals surface area contributed by atoms with E-state index in [4.69, 9.17) is 11.1 Å². The first-order chi connectivity index (χ1) is 15.0. The van der Waals surface area contributed by atoms with Crippen molar-refractivity contribution in [3.8, 4) is 0 Å². The van der Waals surface area contributed by atoms with Gasteiger partial charge in [-0.15, -0.1) is 0 Å². The number of likely N-dealkylation sites (tertiary alicyclic amines) is 1. The molecule has 0 radical (unpaired) electrons. The summed E-state index contributed by atoms with van der Waals surface area (Å²) in [6.45, 7) is 2.03. The van der Waals surface area contributed by atoms with Crippen LogP contribution < -0.4 is 11.1 Å². The molecule has 32 heavy (non-hydrogen) atoms. The number of hydrogen-bond donors (Lipinski definition) is 3. The molecule has 6 nitrogen and oxygen atoms in total. The summed E-state index contributed by atoms with van der Waals surface area (Å²) in [4.78, 5) is 26.3. The predicted octanol–water partition coefficient (Wildman–Crippen LogP) is 3.80. The fourth-order valence-electron chi connectivity index (χ4n) is 3.92. The molecule has 10 heteroatoms. The van der Waals surface area contributed by atoms with Crippen LogP contribution in [0.4, 0.5) is 17.6 Å². The van der Waals surface area contributed by atoms with E-state index in [1.54, 1.807) is 4.90 Å². The van der Waals surface area contributed by atoms with E-state index in [0.29, 0.717) is 24.0 Å². The Hall–Kier alpha value is -3.43. The lowest BCUT2D eigenvalue weighted by Gasteiger charge is -2.33. The Bertz CT molecular complexity index is 1040. The van der Waals surface area contributed by atoms with Crippen LogP contribution in [0.5, 0.6) is 0 Å². The maximum Gasteiger partial charge on any atom is 0.416 e. The molecule has 0 spiro atoms. The summed E-state index contributed by atoms with van der Waals surface area (Å²) < 4.78 is 54.5. The quantitative estimate of drug-likeness (QED) is 0.377. The van der Waals surface area contributed by atoms with Crippen LogP contribution >= 0.6 is 0 Å². The number of aryl methyl sites for hydroxylation is 1. The topological polar surface area (TPSA) is 99.3 Å². The van der Waals surface area contributed by atoms with Crippen molar-refractivity contribution in [2.24, 2.45) is 5.73 Å². The second kappa shape index (κ2) is 8.97. The molecule has 0 aliphatic carbocycles. The average molecular weight is 450 g/mol. The monoisotopic (exact) mass is 450 g/mol. The summed E-state index contributed by atoms with van der Waals surface area (Å²) in [5.74, 6) is -2.76. The maximum atomic E-state index is 13.8. The highest BCUT2D eigenvalue weighted by molar-refractivity contribution is 6.05. The zero-order valence-electron chi connectivity index (χ0n) is 17.2. The van der Waals surface area contributed by atoms with Gasteiger partial charge in [0.1, 0.15) is 5.82 Å². The number of piperidine rings is 1. The normalized spacial score (nSPS) is 14.8. The number of halogens is 4. The average Bonchev–Trinajstić information content (AvgIpc) is 2.72. The molecule has 1 saturated heterocycles. The summed E-state index contributed by atoms with van der Waals surface area (Å²) in [6, 6.07) is 7.25. The number of benzene rings is 2. The molecule has 0 aromatic heterocycles. The van der Waals surface area contributed by atoms with Crippen LogP contribution in [0.1, 0.15) is 56.2 Å². The van der Waals surface area contributed by atoms with Crippen molar-refractivity contribution >= 4 is 17.8 Å². The largest absolute Gasteiger partial charge is 0.416 e. The molecule has 1 aliphatic heterocycles. The van der Waals surface area contributed by atoms with Crippen molar-refractivity contribution in [2.75, 3.05) is 13.1 Å². The molecular weight excluding hydrogens is 428 g/mol. The molecule has 2 amide bonds. The number of nitrogens with two attached hydrogens (primary N) is 1. The van der Waals surface area contributed by atoms with Gasteiger partial charge < -0.3 is 10.6 Å². The summed E-state index contributed by atoms with van der Waals surface area (Å²) >= 11 is 0. The van der Waals surface area contributed by atoms with Crippen molar-refractivity contribution in [1.82, 2.24) is 10.2 Å². The highest BCUT2D eigenvalue weighted by atomic mass is 19.4. The third-order valence-corrected chi connectivity index (χ3v) is 5.51. The van der Waals surface area contributed by atoms with Crippen molar-refractivity contribution in [3.63, 3.8) is 0 Å². The van der Waals surface area contributed by atoms with Gasteiger partial charge in [-0.3, -0.25) is 20.3 Å². The molecule has 4 N–H and O–H groups in total. The van der Waals surface area contributed by atoms with Crippen molar-refractivity contribution in [3.05, 3.63) is 70.0 Å². The Morgan fingerprint density at radius 1 is 1.12 bits per heavy atom. The summed E-state index contributed by atoms with van der Waals surface area (Å²) in [5, 5.41) is 9.12. The second-order valence-corrected chi connectivity index (χ2v) is 7.69. The molecule has 1 fully saturated rings. The second-order valence-electron chi connectivity index (χ2n) is 7.69. The van der Waals surface area contributed by atoms with E-state index in [0.717, 1.165) is 6.07 Å². The number of hydrogen-bond acceptors (Lipinski definition) is 3. The van der Waals surface area contributed by atoms with Crippen molar-refractivity contribution < 1.29 is 27.2 Å². The lowest BCUT2D eigenvalue weighted by Crippen LogP contribution is -2.38. The Kier molecular flexibility index (Phi) is 6.52. The Morgan fingerprint density at radius 2 is 1.72 bits per heavy atom. The molecule has 3 rings (SSSR count). The zero-order chi connectivity index (χ0) is 23.6. The fourth-order valence-corrected chi connectivity index (χ4v) is 3.92. The van der Waals surface area contributed by atoms with E-state index in [2.05, 4.69) is 0 Å². The van der Waals surface area contributed by atoms with E-state index in [9.17, 15) is 27.2 Å². The van der Waals surface area contributed by atoms with E-state index in [1.807, 2.05) is 5.32 Å². The smallest absolute Gasteiger partial charge is 0.370 e. The molecule has 1 heterocycles. The minimum absolute atomic E-state index is 0.0725. The molecule has 0 unspecified atom stereocenters. The van der Waals surface area contributed by atoms with Gasteiger partial charge in [0, 0.05) is 24.2 Å². The lowest BCUT2D eigenvalue weighted by atomic mass is 9.84. The van der Waals surface area contributed by atoms with Gasteiger partial charge in [0.15, 0.2) is 5.96 Å². The number of carbonyl (C=O) groups excluding carboxylic acids is 2. The number of nitrogens with one attached hydrogen (secondary N) is 2. The van der Waals surface area contributed by atoms with Gasteiger partial charge >= 0.3 is 6.18 Å². The standard InChI is InChI=1S/C22H22F4N4O2/c1-12-10-17(18(22(24,25)26)11-16(12)19(31)29-21(27)28)13-6-8-30(9-7-13)20(32)14-2-4-15(23)5-3-14/h2-5,10-11,13H,6-9H2,1H3,(H4,27,28,29,31). The van der Waals surface area contributed by atoms with Crippen molar-refractivity contribution in [2.45, 2.75) is 31.9 Å². The van der Waals surface area contributed by atoms with Gasteiger partial charge in [-0.25, -0.2) is 4.39 Å². The number of guanidine groups is 1. The summed E-state index contributed by atoms with van der Waals surface area (Å²) in [7, 11) is 0. The predicted molar refractivity (Wildman–Crippen MR) is 110 cm³/mol. The molecule has 0 saturated carbocycles. The lowest BCUT2D eigenvalue weighted by molar-refractivity contribution is -0.138.